The Morgan fingerprint density at radius 1 is 1.39 bits per heavy atom. The minimum absolute atomic E-state index is 0.0293. The molecule has 3 heteroatoms. The highest BCUT2D eigenvalue weighted by molar-refractivity contribution is 5.00. The highest BCUT2D eigenvalue weighted by atomic mass is 16.3. The molecule has 0 aromatic carbocycles. The van der Waals surface area contributed by atoms with Crippen LogP contribution in [0.2, 0.25) is 0 Å². The van der Waals surface area contributed by atoms with Crippen LogP contribution < -0.4 is 5.32 Å². The first-order chi connectivity index (χ1) is 8.56. The van der Waals surface area contributed by atoms with Crippen molar-refractivity contribution >= 4 is 0 Å². The van der Waals surface area contributed by atoms with Crippen molar-refractivity contribution in [2.24, 2.45) is 0 Å². The molecule has 1 aliphatic rings. The summed E-state index contributed by atoms with van der Waals surface area (Å²) in [6.45, 7) is 11.5. The molecule has 108 valence electrons. The number of rotatable bonds is 8. The third kappa shape index (κ3) is 4.22. The van der Waals surface area contributed by atoms with Crippen molar-refractivity contribution in [3.8, 4) is 0 Å². The standard InChI is InChI=1S/C15H32N2O/c1-5-7-10-17(6-2)14-8-9-15(11-14,12-18)16-13(3)4/h13-14,16,18H,5-12H2,1-4H3. The van der Waals surface area contributed by atoms with Crippen LogP contribution in [0.5, 0.6) is 0 Å². The lowest BCUT2D eigenvalue weighted by atomic mass is 9.97. The second-order valence-corrected chi connectivity index (χ2v) is 6.12. The normalized spacial score (nSPS) is 28.5. The predicted octanol–water partition coefficient (Wildman–Crippen LogP) is 2.39. The minimum atomic E-state index is -0.0293. The van der Waals surface area contributed by atoms with Gasteiger partial charge in [0.15, 0.2) is 0 Å². The fourth-order valence-electron chi connectivity index (χ4n) is 3.30. The second kappa shape index (κ2) is 7.46. The fourth-order valence-corrected chi connectivity index (χ4v) is 3.30. The number of nitrogens with zero attached hydrogens (tertiary/aromatic N) is 1. The number of unbranched alkanes of at least 4 members (excludes halogenated alkanes) is 1. The largest absolute Gasteiger partial charge is 0.394 e. The van der Waals surface area contributed by atoms with Crippen molar-refractivity contribution in [3.05, 3.63) is 0 Å². The molecule has 0 radical (unpaired) electrons. The van der Waals surface area contributed by atoms with Crippen molar-refractivity contribution in [1.29, 1.82) is 0 Å². The Bertz CT molecular complexity index is 233. The van der Waals surface area contributed by atoms with Gasteiger partial charge in [-0.3, -0.25) is 0 Å². The van der Waals surface area contributed by atoms with Crippen molar-refractivity contribution < 1.29 is 5.11 Å². The van der Waals surface area contributed by atoms with E-state index in [9.17, 15) is 5.11 Å². The quantitative estimate of drug-likeness (QED) is 0.700. The summed E-state index contributed by atoms with van der Waals surface area (Å²) in [4.78, 5) is 2.60. The summed E-state index contributed by atoms with van der Waals surface area (Å²) < 4.78 is 0. The Kier molecular flexibility index (Phi) is 6.61. The SMILES string of the molecule is CCCCN(CC)C1CCC(CO)(NC(C)C)C1. The van der Waals surface area contributed by atoms with E-state index in [-0.39, 0.29) is 12.1 Å². The number of hydrogen-bond acceptors (Lipinski definition) is 3. The van der Waals surface area contributed by atoms with Gasteiger partial charge in [0.2, 0.25) is 0 Å². The van der Waals surface area contributed by atoms with Crippen molar-refractivity contribution in [1.82, 2.24) is 10.2 Å². The summed E-state index contributed by atoms with van der Waals surface area (Å²) in [5.74, 6) is 0. The maximum atomic E-state index is 9.73. The maximum absolute atomic E-state index is 9.73. The van der Waals surface area contributed by atoms with E-state index in [2.05, 4.69) is 37.9 Å². The zero-order chi connectivity index (χ0) is 13.6. The predicted molar refractivity (Wildman–Crippen MR) is 77.9 cm³/mol. The lowest BCUT2D eigenvalue weighted by molar-refractivity contribution is 0.136. The van der Waals surface area contributed by atoms with E-state index in [1.54, 1.807) is 0 Å². The molecule has 0 heterocycles. The van der Waals surface area contributed by atoms with Gasteiger partial charge in [-0.1, -0.05) is 34.1 Å². The molecule has 2 atom stereocenters. The Morgan fingerprint density at radius 2 is 2.11 bits per heavy atom. The monoisotopic (exact) mass is 256 g/mol. The van der Waals surface area contributed by atoms with Gasteiger partial charge in [-0.25, -0.2) is 0 Å². The molecule has 1 fully saturated rings. The van der Waals surface area contributed by atoms with Crippen LogP contribution in [-0.4, -0.2) is 47.3 Å². The third-order valence-electron chi connectivity index (χ3n) is 4.20. The molecule has 1 saturated carbocycles. The lowest BCUT2D eigenvalue weighted by Crippen LogP contribution is -2.51. The summed E-state index contributed by atoms with van der Waals surface area (Å²) in [7, 11) is 0. The Balaban J connectivity index is 2.55. The Labute approximate surface area is 113 Å². The van der Waals surface area contributed by atoms with Gasteiger partial charge in [0.1, 0.15) is 0 Å². The molecule has 0 aliphatic heterocycles. The molecule has 1 rings (SSSR count). The molecule has 2 N–H and O–H groups in total. The van der Waals surface area contributed by atoms with Crippen LogP contribution in [0.4, 0.5) is 0 Å². The number of nitrogens with one attached hydrogen (secondary N) is 1. The van der Waals surface area contributed by atoms with Crippen LogP contribution in [0, 0.1) is 0 Å². The van der Waals surface area contributed by atoms with Gasteiger partial charge in [0, 0.05) is 17.6 Å². The van der Waals surface area contributed by atoms with Crippen molar-refractivity contribution in [3.63, 3.8) is 0 Å². The van der Waals surface area contributed by atoms with Gasteiger partial charge in [0.25, 0.3) is 0 Å². The molecule has 0 spiro atoms. The van der Waals surface area contributed by atoms with E-state index < -0.39 is 0 Å². The zero-order valence-electron chi connectivity index (χ0n) is 12.7. The summed E-state index contributed by atoms with van der Waals surface area (Å²) >= 11 is 0. The van der Waals surface area contributed by atoms with Crippen LogP contribution in [0.3, 0.4) is 0 Å². The summed E-state index contributed by atoms with van der Waals surface area (Å²) in [6, 6.07) is 1.10. The van der Waals surface area contributed by atoms with Crippen LogP contribution in [0.15, 0.2) is 0 Å². The molecule has 0 aromatic rings. The van der Waals surface area contributed by atoms with Crippen LogP contribution >= 0.6 is 0 Å². The van der Waals surface area contributed by atoms with Gasteiger partial charge >= 0.3 is 0 Å². The van der Waals surface area contributed by atoms with Gasteiger partial charge in [-0.05, 0) is 38.8 Å². The van der Waals surface area contributed by atoms with Crippen LogP contribution in [0.25, 0.3) is 0 Å². The molecular formula is C15H32N2O. The van der Waals surface area contributed by atoms with E-state index in [1.165, 1.54) is 25.8 Å². The van der Waals surface area contributed by atoms with Gasteiger partial charge in [0.05, 0.1) is 6.61 Å². The second-order valence-electron chi connectivity index (χ2n) is 6.12. The van der Waals surface area contributed by atoms with E-state index in [0.29, 0.717) is 12.1 Å². The molecule has 1 aliphatic carbocycles. The number of aliphatic hydroxyl groups is 1. The summed E-state index contributed by atoms with van der Waals surface area (Å²) in [5.41, 5.74) is -0.0293. The highest BCUT2D eigenvalue weighted by Crippen LogP contribution is 2.33. The van der Waals surface area contributed by atoms with E-state index >= 15 is 0 Å². The molecule has 0 aromatic heterocycles. The van der Waals surface area contributed by atoms with E-state index in [1.807, 2.05) is 0 Å². The highest BCUT2D eigenvalue weighted by Gasteiger charge is 2.40. The fraction of sp³-hybridized carbons (Fsp3) is 1.00. The number of hydrogen-bond donors (Lipinski definition) is 2. The lowest BCUT2D eigenvalue weighted by Gasteiger charge is -2.33. The maximum Gasteiger partial charge on any atom is 0.0614 e. The molecule has 0 saturated heterocycles. The smallest absolute Gasteiger partial charge is 0.0614 e. The van der Waals surface area contributed by atoms with Gasteiger partial charge in [-0.2, -0.15) is 0 Å². The summed E-state index contributed by atoms with van der Waals surface area (Å²) in [6.07, 6.45) is 5.97. The first kappa shape index (κ1) is 15.9. The molecular weight excluding hydrogens is 224 g/mol. The summed E-state index contributed by atoms with van der Waals surface area (Å²) in [5, 5.41) is 13.3. The average Bonchev–Trinajstić information content (AvgIpc) is 2.74. The molecule has 2 unspecified atom stereocenters. The van der Waals surface area contributed by atoms with Gasteiger partial charge < -0.3 is 15.3 Å². The van der Waals surface area contributed by atoms with E-state index in [0.717, 1.165) is 19.4 Å². The third-order valence-corrected chi connectivity index (χ3v) is 4.20. The Hall–Kier alpha value is -0.120. The van der Waals surface area contributed by atoms with Gasteiger partial charge in [-0.15, -0.1) is 0 Å². The average molecular weight is 256 g/mol. The molecule has 0 bridgehead atoms. The van der Waals surface area contributed by atoms with Crippen molar-refractivity contribution in [2.45, 2.75) is 77.4 Å². The Morgan fingerprint density at radius 3 is 2.61 bits per heavy atom. The zero-order valence-corrected chi connectivity index (χ0v) is 12.7. The van der Waals surface area contributed by atoms with E-state index in [4.69, 9.17) is 0 Å². The van der Waals surface area contributed by atoms with Crippen molar-refractivity contribution in [2.75, 3.05) is 19.7 Å². The van der Waals surface area contributed by atoms with Crippen LogP contribution in [-0.2, 0) is 0 Å². The first-order valence-electron chi connectivity index (χ1n) is 7.69. The number of aliphatic hydroxyl groups excluding tert-OH is 1. The molecule has 0 amide bonds. The van der Waals surface area contributed by atoms with Crippen LogP contribution in [0.1, 0.15) is 59.8 Å². The minimum Gasteiger partial charge on any atom is -0.394 e. The molecule has 18 heavy (non-hydrogen) atoms. The topological polar surface area (TPSA) is 35.5 Å². The molecule has 3 nitrogen and oxygen atoms in total. The first-order valence-corrected chi connectivity index (χ1v) is 7.69.